The van der Waals surface area contributed by atoms with Crippen LogP contribution in [0.4, 0.5) is 5.69 Å². The van der Waals surface area contributed by atoms with Crippen LogP contribution in [0.25, 0.3) is 0 Å². The van der Waals surface area contributed by atoms with Gasteiger partial charge in [-0.05, 0) is 25.0 Å². The Kier molecular flexibility index (Phi) is 7.82. The molecule has 0 spiro atoms. The van der Waals surface area contributed by atoms with Gasteiger partial charge >= 0.3 is 0 Å². The zero-order chi connectivity index (χ0) is 22.6. The Morgan fingerprint density at radius 2 is 1.94 bits per heavy atom. The van der Waals surface area contributed by atoms with E-state index in [9.17, 15) is 9.59 Å². The lowest BCUT2D eigenvalue weighted by Gasteiger charge is -2.26. The molecule has 2 aliphatic rings. The quantitative estimate of drug-likeness (QED) is 0.267. The smallest absolute Gasteiger partial charge is 0.260 e. The summed E-state index contributed by atoms with van der Waals surface area (Å²) >= 11 is 3.40. The predicted octanol–water partition coefficient (Wildman–Crippen LogP) is 4.25. The molecule has 2 aliphatic heterocycles. The molecule has 0 aliphatic carbocycles. The molecule has 31 heavy (non-hydrogen) atoms. The van der Waals surface area contributed by atoms with Crippen molar-refractivity contribution in [3.63, 3.8) is 0 Å². The second-order valence-electron chi connectivity index (χ2n) is 8.87. The Labute approximate surface area is 193 Å². The van der Waals surface area contributed by atoms with Crippen LogP contribution in [-0.2, 0) is 9.53 Å². The minimum absolute atomic E-state index is 0.0983. The number of nitrogens with zero attached hydrogens (tertiary/aromatic N) is 2. The Bertz CT molecular complexity index is 855. The molecule has 7 nitrogen and oxygen atoms in total. The summed E-state index contributed by atoms with van der Waals surface area (Å²) < 4.78 is 17.3. The number of alkyl halides is 1. The first-order valence-electron chi connectivity index (χ1n) is 10.6. The molecule has 1 aromatic rings. The van der Waals surface area contributed by atoms with Gasteiger partial charge in [0, 0.05) is 32.3 Å². The largest absolute Gasteiger partial charge is 0.493 e. The normalized spacial score (nSPS) is 18.2. The van der Waals surface area contributed by atoms with Crippen molar-refractivity contribution in [3.05, 3.63) is 30.0 Å². The van der Waals surface area contributed by atoms with Gasteiger partial charge in [0.1, 0.15) is 12.8 Å². The molecule has 1 atom stereocenters. The summed E-state index contributed by atoms with van der Waals surface area (Å²) in [6, 6.07) is 3.84. The highest BCUT2D eigenvalue weighted by Crippen LogP contribution is 2.39. The number of carbonyl (C=O) groups excluding carboxylic acids is 2. The zero-order valence-electron chi connectivity index (χ0n) is 18.7. The van der Waals surface area contributed by atoms with E-state index in [4.69, 9.17) is 14.2 Å². The fourth-order valence-corrected chi connectivity index (χ4v) is 4.49. The van der Waals surface area contributed by atoms with Crippen LogP contribution in [0.5, 0.6) is 11.5 Å². The van der Waals surface area contributed by atoms with E-state index >= 15 is 0 Å². The molecule has 2 heterocycles. The number of methoxy groups -OCH3 is 1. The third-order valence-electron chi connectivity index (χ3n) is 5.30. The monoisotopic (exact) mass is 510 g/mol. The lowest BCUT2D eigenvalue weighted by atomic mass is 10.1. The van der Waals surface area contributed by atoms with Gasteiger partial charge in [-0.1, -0.05) is 41.6 Å². The minimum atomic E-state index is -1.26. The number of rotatable bonds is 10. The number of carbonyl (C=O) groups is 2. The number of amides is 2. The topological polar surface area (TPSA) is 68.3 Å². The van der Waals surface area contributed by atoms with E-state index in [1.807, 2.05) is 6.08 Å². The standard InChI is InChI=1S/C22H31BrN2O5Si/c1-28-19-13-16-18(14-20(19)30-10-6-8-23)25(15-29-11-12-31(2,3)4)22(27)17-7-5-9-24(17)21(16)26/h5,9,13-14,17H,6-8,10-12,15H2,1-4H3/t17-/m0/s1. The number of benzene rings is 1. The maximum absolute atomic E-state index is 13.4. The first-order chi connectivity index (χ1) is 14.8. The Hall–Kier alpha value is -1.84. The van der Waals surface area contributed by atoms with Gasteiger partial charge in [-0.3, -0.25) is 14.5 Å². The van der Waals surface area contributed by atoms with Crippen molar-refractivity contribution < 1.29 is 23.8 Å². The third kappa shape index (κ3) is 5.50. The van der Waals surface area contributed by atoms with Crippen molar-refractivity contribution in [1.82, 2.24) is 4.90 Å². The molecule has 0 N–H and O–H groups in total. The average molecular weight is 511 g/mol. The SMILES string of the molecule is COc1cc2c(cc1OCCCBr)N(COCC[Si](C)(C)C)C(=O)[C@@H]1CC=CN1C2=O. The van der Waals surface area contributed by atoms with E-state index < -0.39 is 14.1 Å². The number of halogens is 1. The molecule has 1 aromatic carbocycles. The van der Waals surface area contributed by atoms with Gasteiger partial charge in [-0.25, -0.2) is 0 Å². The van der Waals surface area contributed by atoms with Crippen LogP contribution in [0.15, 0.2) is 24.4 Å². The van der Waals surface area contributed by atoms with Gasteiger partial charge in [-0.15, -0.1) is 0 Å². The van der Waals surface area contributed by atoms with Gasteiger partial charge in [0.2, 0.25) is 0 Å². The van der Waals surface area contributed by atoms with Crippen LogP contribution < -0.4 is 14.4 Å². The molecule has 0 unspecified atom stereocenters. The summed E-state index contributed by atoms with van der Waals surface area (Å²) in [5.74, 6) is 0.599. The van der Waals surface area contributed by atoms with Crippen molar-refractivity contribution in [3.8, 4) is 11.5 Å². The molecule has 2 amide bonds. The van der Waals surface area contributed by atoms with Crippen molar-refractivity contribution in [2.75, 3.05) is 37.3 Å². The molecular formula is C22H31BrN2O5Si. The van der Waals surface area contributed by atoms with Crippen LogP contribution >= 0.6 is 15.9 Å². The summed E-state index contributed by atoms with van der Waals surface area (Å²) in [6.07, 6.45) is 4.86. The second-order valence-corrected chi connectivity index (χ2v) is 15.3. The summed E-state index contributed by atoms with van der Waals surface area (Å²) in [7, 11) is 0.287. The molecule has 0 saturated carbocycles. The Morgan fingerprint density at radius 1 is 1.16 bits per heavy atom. The van der Waals surface area contributed by atoms with Gasteiger partial charge in [0.25, 0.3) is 11.8 Å². The number of fused-ring (bicyclic) bond motifs is 2. The van der Waals surface area contributed by atoms with Crippen molar-refractivity contribution in [2.45, 2.75) is 44.6 Å². The molecule has 0 bridgehead atoms. The molecular weight excluding hydrogens is 480 g/mol. The number of hydrogen-bond donors (Lipinski definition) is 0. The van der Waals surface area contributed by atoms with Crippen LogP contribution in [-0.4, -0.2) is 63.2 Å². The van der Waals surface area contributed by atoms with E-state index in [0.717, 1.165) is 17.8 Å². The minimum Gasteiger partial charge on any atom is -0.493 e. The van der Waals surface area contributed by atoms with Crippen molar-refractivity contribution in [1.29, 1.82) is 0 Å². The number of ether oxygens (including phenoxy) is 3. The maximum Gasteiger partial charge on any atom is 0.260 e. The zero-order valence-corrected chi connectivity index (χ0v) is 21.2. The van der Waals surface area contributed by atoms with Gasteiger partial charge in [0.15, 0.2) is 11.5 Å². The summed E-state index contributed by atoms with van der Waals surface area (Å²) in [4.78, 5) is 29.7. The van der Waals surface area contributed by atoms with Crippen LogP contribution in [0, 0.1) is 0 Å². The summed E-state index contributed by atoms with van der Waals surface area (Å²) in [5.41, 5.74) is 0.904. The number of hydrogen-bond acceptors (Lipinski definition) is 5. The average Bonchev–Trinajstić information content (AvgIpc) is 3.19. The highest BCUT2D eigenvalue weighted by atomic mass is 79.9. The first-order valence-corrected chi connectivity index (χ1v) is 15.4. The van der Waals surface area contributed by atoms with Crippen molar-refractivity contribution in [2.24, 2.45) is 0 Å². The van der Waals surface area contributed by atoms with E-state index in [0.29, 0.717) is 42.4 Å². The lowest BCUT2D eigenvalue weighted by Crippen LogP contribution is -2.45. The molecule has 9 heteroatoms. The van der Waals surface area contributed by atoms with Gasteiger partial charge in [0.05, 0.1) is 25.0 Å². The molecule has 0 saturated heterocycles. The van der Waals surface area contributed by atoms with Crippen LogP contribution in [0.2, 0.25) is 25.7 Å². The first kappa shape index (κ1) is 23.8. The molecule has 0 fully saturated rings. The maximum atomic E-state index is 13.4. The van der Waals surface area contributed by atoms with Gasteiger partial charge < -0.3 is 19.1 Å². The highest BCUT2D eigenvalue weighted by molar-refractivity contribution is 9.09. The summed E-state index contributed by atoms with van der Waals surface area (Å²) in [6.45, 7) is 8.03. The number of anilines is 1. The summed E-state index contributed by atoms with van der Waals surface area (Å²) in [5, 5.41) is 0.817. The van der Waals surface area contributed by atoms with E-state index in [-0.39, 0.29) is 18.5 Å². The molecule has 3 rings (SSSR count). The van der Waals surface area contributed by atoms with E-state index in [1.165, 1.54) is 4.90 Å². The molecule has 170 valence electrons. The van der Waals surface area contributed by atoms with E-state index in [1.54, 1.807) is 30.3 Å². The fourth-order valence-electron chi connectivity index (χ4n) is 3.51. The third-order valence-corrected chi connectivity index (χ3v) is 7.57. The second kappa shape index (κ2) is 10.2. The fraction of sp³-hybridized carbons (Fsp3) is 0.545. The van der Waals surface area contributed by atoms with Crippen LogP contribution in [0.1, 0.15) is 23.2 Å². The van der Waals surface area contributed by atoms with Gasteiger partial charge in [-0.2, -0.15) is 0 Å². The van der Waals surface area contributed by atoms with Crippen LogP contribution in [0.3, 0.4) is 0 Å². The Balaban J connectivity index is 1.95. The molecule has 0 radical (unpaired) electrons. The Morgan fingerprint density at radius 3 is 2.61 bits per heavy atom. The highest BCUT2D eigenvalue weighted by Gasteiger charge is 2.41. The predicted molar refractivity (Wildman–Crippen MR) is 127 cm³/mol. The van der Waals surface area contributed by atoms with E-state index in [2.05, 4.69) is 35.6 Å². The van der Waals surface area contributed by atoms with Crippen molar-refractivity contribution >= 4 is 41.5 Å². The lowest BCUT2D eigenvalue weighted by molar-refractivity contribution is -0.123. The molecule has 0 aromatic heterocycles.